The molecule has 1 aromatic rings. The molecule has 0 radical (unpaired) electrons. The number of nitriles is 1. The van der Waals surface area contributed by atoms with Crippen molar-refractivity contribution < 1.29 is 17.9 Å². The van der Waals surface area contributed by atoms with Gasteiger partial charge in [0, 0.05) is 0 Å². The van der Waals surface area contributed by atoms with Gasteiger partial charge in [0.25, 0.3) is 10.0 Å². The van der Waals surface area contributed by atoms with Crippen LogP contribution >= 0.6 is 0 Å². The standard InChI is InChI=1S/C19H26N2O4S/c1-14-9-11-16(12-10-14)26(23,24)21(18(22)25-19(2,3)4)17-8-6-5-7-15(17)13-20/h9-12,15,17H,5-8H2,1-4H3/t15-,17+/m0/s1. The monoisotopic (exact) mass is 378 g/mol. The van der Waals surface area contributed by atoms with Crippen LogP contribution in [0.2, 0.25) is 0 Å². The largest absolute Gasteiger partial charge is 0.443 e. The number of nitrogens with zero attached hydrogens (tertiary/aromatic N) is 2. The van der Waals surface area contributed by atoms with E-state index in [0.717, 1.165) is 22.7 Å². The molecule has 2 atom stereocenters. The lowest BCUT2D eigenvalue weighted by molar-refractivity contribution is 0.0287. The molecule has 1 aliphatic carbocycles. The van der Waals surface area contributed by atoms with Gasteiger partial charge < -0.3 is 4.74 Å². The number of sulfonamides is 1. The van der Waals surface area contributed by atoms with E-state index < -0.39 is 33.7 Å². The van der Waals surface area contributed by atoms with Gasteiger partial charge in [-0.25, -0.2) is 13.2 Å². The lowest BCUT2D eigenvalue weighted by Gasteiger charge is -2.36. The summed E-state index contributed by atoms with van der Waals surface area (Å²) in [6, 6.07) is 7.78. The maximum Gasteiger partial charge on any atom is 0.424 e. The number of hydrogen-bond donors (Lipinski definition) is 0. The van der Waals surface area contributed by atoms with E-state index >= 15 is 0 Å². The van der Waals surface area contributed by atoms with Crippen molar-refractivity contribution in [3.05, 3.63) is 29.8 Å². The van der Waals surface area contributed by atoms with Gasteiger partial charge in [-0.2, -0.15) is 9.57 Å². The maximum absolute atomic E-state index is 13.2. The van der Waals surface area contributed by atoms with Gasteiger partial charge >= 0.3 is 6.09 Å². The van der Waals surface area contributed by atoms with Gasteiger partial charge in [0.15, 0.2) is 0 Å². The molecule has 0 bridgehead atoms. The van der Waals surface area contributed by atoms with E-state index in [1.807, 2.05) is 6.92 Å². The molecular formula is C19H26N2O4S. The predicted molar refractivity (Wildman–Crippen MR) is 97.8 cm³/mol. The third-order valence-electron chi connectivity index (χ3n) is 4.35. The van der Waals surface area contributed by atoms with E-state index in [4.69, 9.17) is 4.74 Å². The average molecular weight is 378 g/mol. The summed E-state index contributed by atoms with van der Waals surface area (Å²) >= 11 is 0. The number of amides is 1. The molecule has 0 spiro atoms. The molecule has 0 heterocycles. The first-order valence-corrected chi connectivity index (χ1v) is 10.2. The molecule has 142 valence electrons. The smallest absolute Gasteiger partial charge is 0.424 e. The van der Waals surface area contributed by atoms with Crippen molar-refractivity contribution in [3.63, 3.8) is 0 Å². The summed E-state index contributed by atoms with van der Waals surface area (Å²) in [6.07, 6.45) is 1.73. The lowest BCUT2D eigenvalue weighted by Crippen LogP contribution is -2.50. The first kappa shape index (κ1) is 20.2. The highest BCUT2D eigenvalue weighted by Gasteiger charge is 2.43. The Morgan fingerprint density at radius 2 is 1.77 bits per heavy atom. The first-order valence-electron chi connectivity index (χ1n) is 8.80. The van der Waals surface area contributed by atoms with Gasteiger partial charge in [0.1, 0.15) is 5.60 Å². The first-order chi connectivity index (χ1) is 12.1. The van der Waals surface area contributed by atoms with Gasteiger partial charge in [-0.1, -0.05) is 30.5 Å². The van der Waals surface area contributed by atoms with E-state index in [1.54, 1.807) is 32.9 Å². The summed E-state index contributed by atoms with van der Waals surface area (Å²) in [5.74, 6) is -0.531. The number of ether oxygens (including phenoxy) is 1. The Balaban J connectivity index is 2.50. The van der Waals surface area contributed by atoms with Crippen LogP contribution < -0.4 is 0 Å². The number of hydrogen-bond acceptors (Lipinski definition) is 5. The Kier molecular flexibility index (Phi) is 5.97. The van der Waals surface area contributed by atoms with E-state index in [2.05, 4.69) is 6.07 Å². The highest BCUT2D eigenvalue weighted by atomic mass is 32.2. The van der Waals surface area contributed by atoms with E-state index in [0.29, 0.717) is 12.8 Å². The number of rotatable bonds is 3. The minimum atomic E-state index is -4.12. The molecule has 0 saturated heterocycles. The van der Waals surface area contributed by atoms with E-state index in [-0.39, 0.29) is 4.90 Å². The van der Waals surface area contributed by atoms with Gasteiger partial charge in [-0.15, -0.1) is 0 Å². The van der Waals surface area contributed by atoms with Crippen LogP contribution in [0.4, 0.5) is 4.79 Å². The number of carbonyl (C=O) groups excluding carboxylic acids is 1. The Morgan fingerprint density at radius 3 is 2.31 bits per heavy atom. The SMILES string of the molecule is Cc1ccc(S(=O)(=O)N(C(=O)OC(C)(C)C)[C@@H]2CCCC[C@H]2C#N)cc1. The molecule has 0 N–H and O–H groups in total. The number of carbonyl (C=O) groups is 1. The molecule has 1 fully saturated rings. The zero-order valence-corrected chi connectivity index (χ0v) is 16.5. The van der Waals surface area contributed by atoms with Crippen molar-refractivity contribution in [1.82, 2.24) is 4.31 Å². The fourth-order valence-corrected chi connectivity index (χ4v) is 4.63. The van der Waals surface area contributed by atoms with Crippen molar-refractivity contribution in [2.45, 2.75) is 69.9 Å². The molecule has 0 aromatic heterocycles. The summed E-state index contributed by atoms with van der Waals surface area (Å²) < 4.78 is 32.7. The quantitative estimate of drug-likeness (QED) is 0.793. The Bertz CT molecular complexity index is 788. The summed E-state index contributed by atoms with van der Waals surface area (Å²) in [5, 5.41) is 9.47. The molecule has 1 aliphatic rings. The van der Waals surface area contributed by atoms with Crippen LogP contribution in [0.1, 0.15) is 52.0 Å². The fourth-order valence-electron chi connectivity index (χ4n) is 3.09. The maximum atomic E-state index is 13.2. The highest BCUT2D eigenvalue weighted by Crippen LogP contribution is 2.33. The van der Waals surface area contributed by atoms with Crippen molar-refractivity contribution in [2.24, 2.45) is 5.92 Å². The molecule has 2 rings (SSSR count). The van der Waals surface area contributed by atoms with Crippen LogP contribution in [0.5, 0.6) is 0 Å². The summed E-state index contributed by atoms with van der Waals surface area (Å²) in [6.45, 7) is 6.91. The number of aryl methyl sites for hydroxylation is 1. The molecule has 7 heteroatoms. The molecule has 1 saturated carbocycles. The topological polar surface area (TPSA) is 87.5 Å². The zero-order valence-electron chi connectivity index (χ0n) is 15.7. The molecule has 26 heavy (non-hydrogen) atoms. The molecule has 1 amide bonds. The minimum Gasteiger partial charge on any atom is -0.443 e. The molecule has 0 aliphatic heterocycles. The molecule has 0 unspecified atom stereocenters. The van der Waals surface area contributed by atoms with Gasteiger partial charge in [0.05, 0.1) is 22.9 Å². The van der Waals surface area contributed by atoms with Crippen LogP contribution in [0.15, 0.2) is 29.2 Å². The van der Waals surface area contributed by atoms with E-state index in [1.165, 1.54) is 12.1 Å². The highest BCUT2D eigenvalue weighted by molar-refractivity contribution is 7.89. The average Bonchev–Trinajstić information content (AvgIpc) is 2.54. The van der Waals surface area contributed by atoms with Crippen molar-refractivity contribution in [1.29, 1.82) is 5.26 Å². The van der Waals surface area contributed by atoms with Crippen molar-refractivity contribution in [2.75, 3.05) is 0 Å². The number of benzene rings is 1. The van der Waals surface area contributed by atoms with Gasteiger partial charge in [-0.05, 0) is 52.7 Å². The van der Waals surface area contributed by atoms with Crippen LogP contribution in [-0.4, -0.2) is 30.5 Å². The van der Waals surface area contributed by atoms with Crippen LogP contribution in [0.3, 0.4) is 0 Å². The van der Waals surface area contributed by atoms with Crippen LogP contribution in [-0.2, 0) is 14.8 Å². The third kappa shape index (κ3) is 4.55. The zero-order chi connectivity index (χ0) is 19.5. The second-order valence-corrected chi connectivity index (χ2v) is 9.50. The van der Waals surface area contributed by atoms with Gasteiger partial charge in [-0.3, -0.25) is 0 Å². The van der Waals surface area contributed by atoms with Crippen molar-refractivity contribution in [3.8, 4) is 6.07 Å². The molecular weight excluding hydrogens is 352 g/mol. The normalized spacial score (nSPS) is 20.9. The minimum absolute atomic E-state index is 0.0243. The summed E-state index contributed by atoms with van der Waals surface area (Å²) in [7, 11) is -4.12. The lowest BCUT2D eigenvalue weighted by atomic mass is 9.85. The van der Waals surface area contributed by atoms with Gasteiger partial charge in [0.2, 0.25) is 0 Å². The summed E-state index contributed by atoms with van der Waals surface area (Å²) in [5.41, 5.74) is 0.0786. The summed E-state index contributed by atoms with van der Waals surface area (Å²) in [4.78, 5) is 12.8. The predicted octanol–water partition coefficient (Wildman–Crippen LogP) is 4.00. The molecule has 6 nitrogen and oxygen atoms in total. The molecule has 1 aromatic carbocycles. The Labute approximate surface area is 155 Å². The van der Waals surface area contributed by atoms with Crippen molar-refractivity contribution >= 4 is 16.1 Å². The van der Waals surface area contributed by atoms with E-state index in [9.17, 15) is 18.5 Å². The second-order valence-electron chi connectivity index (χ2n) is 7.68. The second kappa shape index (κ2) is 7.67. The fraction of sp³-hybridized carbons (Fsp3) is 0.579. The Hall–Kier alpha value is -2.07. The third-order valence-corrected chi connectivity index (χ3v) is 6.15. The van der Waals surface area contributed by atoms with Crippen LogP contribution in [0, 0.1) is 24.2 Å². The van der Waals surface area contributed by atoms with Crippen LogP contribution in [0.25, 0.3) is 0 Å². The Morgan fingerprint density at radius 1 is 1.19 bits per heavy atom.